The van der Waals surface area contributed by atoms with Gasteiger partial charge in [0, 0.05) is 14.7 Å². The van der Waals surface area contributed by atoms with Crippen molar-refractivity contribution in [3.05, 3.63) is 82.5 Å². The van der Waals surface area contributed by atoms with Crippen molar-refractivity contribution in [1.29, 1.82) is 0 Å². The fourth-order valence-electron chi connectivity index (χ4n) is 2.32. The third-order valence-corrected chi connectivity index (χ3v) is 5.61. The van der Waals surface area contributed by atoms with Crippen LogP contribution in [0.15, 0.2) is 92.3 Å². The quantitative estimate of drug-likeness (QED) is 0.280. The Morgan fingerprint density at radius 2 is 1.44 bits per heavy atom. The lowest BCUT2D eigenvalue weighted by atomic mass is 9.92. The lowest BCUT2D eigenvalue weighted by Crippen LogP contribution is -2.07. The molecule has 1 N–H and O–H groups in total. The van der Waals surface area contributed by atoms with E-state index in [0.29, 0.717) is 12.4 Å². The molecule has 2 aromatic carbocycles. The first kappa shape index (κ1) is 21.5. The molecule has 2 nitrogen and oxygen atoms in total. The molecule has 0 aliphatic rings. The van der Waals surface area contributed by atoms with Gasteiger partial charge in [0.2, 0.25) is 0 Å². The third kappa shape index (κ3) is 7.77. The minimum atomic E-state index is 0.0548. The standard InChI is InChI=1S/C23H28O2S2/c1-5-25-17-21(27-19-14-10-7-11-15-19)22(24)20(16-23(2,3)4)26-18-12-8-6-9-13-18/h6-15,17,24H,5,16H2,1-4H3/b21-17-,22-20+. The summed E-state index contributed by atoms with van der Waals surface area (Å²) in [5.74, 6) is 0.293. The molecular weight excluding hydrogens is 372 g/mol. The Morgan fingerprint density at radius 1 is 0.926 bits per heavy atom. The zero-order valence-corrected chi connectivity index (χ0v) is 18.1. The van der Waals surface area contributed by atoms with E-state index in [4.69, 9.17) is 4.74 Å². The van der Waals surface area contributed by atoms with Crippen LogP contribution in [0.3, 0.4) is 0 Å². The molecule has 0 heterocycles. The van der Waals surface area contributed by atoms with Crippen molar-refractivity contribution < 1.29 is 9.84 Å². The maximum absolute atomic E-state index is 11.2. The summed E-state index contributed by atoms with van der Waals surface area (Å²) in [7, 11) is 0. The number of aliphatic hydroxyl groups excluding tert-OH is 1. The van der Waals surface area contributed by atoms with Gasteiger partial charge >= 0.3 is 0 Å². The molecule has 0 aromatic heterocycles. The zero-order chi connectivity index (χ0) is 19.7. The predicted molar refractivity (Wildman–Crippen MR) is 118 cm³/mol. The maximum atomic E-state index is 11.2. The highest BCUT2D eigenvalue weighted by atomic mass is 32.2. The molecule has 0 aliphatic carbocycles. The predicted octanol–water partition coefficient (Wildman–Crippen LogP) is 7.65. The molecule has 144 valence electrons. The molecule has 0 fully saturated rings. The summed E-state index contributed by atoms with van der Waals surface area (Å²) in [6, 6.07) is 20.2. The van der Waals surface area contributed by atoms with Gasteiger partial charge in [0.05, 0.1) is 11.5 Å². The van der Waals surface area contributed by atoms with Crippen LogP contribution >= 0.6 is 23.5 Å². The van der Waals surface area contributed by atoms with Crippen molar-refractivity contribution in [2.45, 2.75) is 43.9 Å². The molecule has 0 unspecified atom stereocenters. The number of ether oxygens (including phenoxy) is 1. The van der Waals surface area contributed by atoms with Crippen LogP contribution in [0.2, 0.25) is 0 Å². The van der Waals surface area contributed by atoms with E-state index in [1.165, 1.54) is 11.8 Å². The monoisotopic (exact) mass is 400 g/mol. The van der Waals surface area contributed by atoms with Crippen molar-refractivity contribution in [3.8, 4) is 0 Å². The van der Waals surface area contributed by atoms with Crippen LogP contribution in [0.1, 0.15) is 34.1 Å². The third-order valence-electron chi connectivity index (χ3n) is 3.50. The van der Waals surface area contributed by atoms with Crippen LogP contribution in [-0.4, -0.2) is 11.7 Å². The van der Waals surface area contributed by atoms with Gasteiger partial charge < -0.3 is 9.84 Å². The van der Waals surface area contributed by atoms with Gasteiger partial charge in [-0.15, -0.1) is 0 Å². The van der Waals surface area contributed by atoms with E-state index in [2.05, 4.69) is 32.9 Å². The number of thioether (sulfide) groups is 2. The second-order valence-electron chi connectivity index (χ2n) is 7.28. The number of hydrogen-bond acceptors (Lipinski definition) is 4. The first-order valence-electron chi connectivity index (χ1n) is 9.09. The second kappa shape index (κ2) is 10.5. The average molecular weight is 401 g/mol. The highest BCUT2D eigenvalue weighted by molar-refractivity contribution is 8.04. The van der Waals surface area contributed by atoms with Crippen LogP contribution < -0.4 is 0 Å². The Hall–Kier alpha value is -1.78. The van der Waals surface area contributed by atoms with Gasteiger partial charge in [-0.2, -0.15) is 0 Å². The minimum Gasteiger partial charge on any atom is -0.506 e. The molecule has 0 saturated heterocycles. The maximum Gasteiger partial charge on any atom is 0.142 e. The fraction of sp³-hybridized carbons (Fsp3) is 0.304. The Bertz CT molecular complexity index is 760. The molecule has 2 aromatic rings. The number of hydrogen-bond donors (Lipinski definition) is 1. The summed E-state index contributed by atoms with van der Waals surface area (Å²) in [4.78, 5) is 3.85. The average Bonchev–Trinajstić information content (AvgIpc) is 2.64. The summed E-state index contributed by atoms with van der Waals surface area (Å²) in [5, 5.41) is 11.2. The van der Waals surface area contributed by atoms with Crippen LogP contribution in [0.4, 0.5) is 0 Å². The highest BCUT2D eigenvalue weighted by Gasteiger charge is 2.20. The van der Waals surface area contributed by atoms with Crippen molar-refractivity contribution in [3.63, 3.8) is 0 Å². The summed E-state index contributed by atoms with van der Waals surface area (Å²) >= 11 is 3.13. The smallest absolute Gasteiger partial charge is 0.142 e. The van der Waals surface area contributed by atoms with Crippen LogP contribution in [0.25, 0.3) is 0 Å². The molecular formula is C23H28O2S2. The van der Waals surface area contributed by atoms with Crippen molar-refractivity contribution >= 4 is 23.5 Å². The van der Waals surface area contributed by atoms with Gasteiger partial charge in [-0.3, -0.25) is 0 Å². The molecule has 27 heavy (non-hydrogen) atoms. The van der Waals surface area contributed by atoms with Gasteiger partial charge in [0.25, 0.3) is 0 Å². The Balaban J connectivity index is 2.39. The van der Waals surface area contributed by atoms with Gasteiger partial charge in [-0.25, -0.2) is 0 Å². The van der Waals surface area contributed by atoms with E-state index in [1.54, 1.807) is 18.0 Å². The SMILES string of the molecule is CCO/C=C(Sc1ccccc1)/C(O)=C(/CC(C)(C)C)Sc1ccccc1. The lowest BCUT2D eigenvalue weighted by Gasteiger charge is -2.22. The highest BCUT2D eigenvalue weighted by Crippen LogP contribution is 2.41. The lowest BCUT2D eigenvalue weighted by molar-refractivity contribution is 0.266. The molecule has 0 amide bonds. The molecule has 0 saturated carbocycles. The van der Waals surface area contributed by atoms with E-state index in [1.807, 2.05) is 55.5 Å². The fourth-order valence-corrected chi connectivity index (χ4v) is 4.56. The molecule has 0 atom stereocenters. The van der Waals surface area contributed by atoms with Gasteiger partial charge in [0.15, 0.2) is 0 Å². The molecule has 0 spiro atoms. The zero-order valence-electron chi connectivity index (χ0n) is 16.4. The number of allylic oxidation sites excluding steroid dienone is 1. The summed E-state index contributed by atoms with van der Waals surface area (Å²) in [5.41, 5.74) is 0.0548. The van der Waals surface area contributed by atoms with E-state index in [-0.39, 0.29) is 5.41 Å². The molecule has 0 aliphatic heterocycles. The summed E-state index contributed by atoms with van der Waals surface area (Å²) in [6.07, 6.45) is 2.44. The van der Waals surface area contributed by atoms with Crippen LogP contribution in [0, 0.1) is 5.41 Å². The molecule has 4 heteroatoms. The van der Waals surface area contributed by atoms with Gasteiger partial charge in [-0.05, 0) is 43.0 Å². The summed E-state index contributed by atoms with van der Waals surface area (Å²) < 4.78 is 5.53. The number of benzene rings is 2. The van der Waals surface area contributed by atoms with Crippen LogP contribution in [0.5, 0.6) is 0 Å². The van der Waals surface area contributed by atoms with E-state index in [9.17, 15) is 5.11 Å². The second-order valence-corrected chi connectivity index (χ2v) is 9.56. The van der Waals surface area contributed by atoms with Crippen molar-refractivity contribution in [2.24, 2.45) is 5.41 Å². The van der Waals surface area contributed by atoms with Crippen LogP contribution in [-0.2, 0) is 4.74 Å². The number of rotatable bonds is 8. The van der Waals surface area contributed by atoms with E-state index < -0.39 is 0 Å². The molecule has 0 radical (unpaired) electrons. The van der Waals surface area contributed by atoms with Gasteiger partial charge in [0.1, 0.15) is 12.0 Å². The molecule has 0 bridgehead atoms. The normalized spacial score (nSPS) is 13.3. The largest absolute Gasteiger partial charge is 0.506 e. The van der Waals surface area contributed by atoms with Crippen molar-refractivity contribution in [2.75, 3.05) is 6.61 Å². The topological polar surface area (TPSA) is 29.5 Å². The minimum absolute atomic E-state index is 0.0548. The van der Waals surface area contributed by atoms with E-state index >= 15 is 0 Å². The summed E-state index contributed by atoms with van der Waals surface area (Å²) in [6.45, 7) is 9.05. The molecule has 2 rings (SSSR count). The first-order chi connectivity index (χ1) is 12.9. The first-order valence-corrected chi connectivity index (χ1v) is 10.7. The Labute approximate surface area is 171 Å². The Morgan fingerprint density at radius 3 is 1.93 bits per heavy atom. The van der Waals surface area contributed by atoms with Gasteiger partial charge in [-0.1, -0.05) is 80.7 Å². The Kier molecular flexibility index (Phi) is 8.39. The van der Waals surface area contributed by atoms with E-state index in [0.717, 1.165) is 26.0 Å². The van der Waals surface area contributed by atoms with Crippen molar-refractivity contribution in [1.82, 2.24) is 0 Å². The number of aliphatic hydroxyl groups is 1.